The lowest BCUT2D eigenvalue weighted by Crippen LogP contribution is -1.92. The predicted octanol–water partition coefficient (Wildman–Crippen LogP) is 15.7. The molecule has 0 fully saturated rings. The molecule has 1 heteroatoms. The van der Waals surface area contributed by atoms with Gasteiger partial charge >= 0.3 is 0 Å². The van der Waals surface area contributed by atoms with Gasteiger partial charge in [-0.05, 0) is 18.8 Å². The zero-order valence-electron chi connectivity index (χ0n) is 24.0. The Morgan fingerprint density at radius 2 is 0.611 bits per heavy atom. The van der Waals surface area contributed by atoms with Gasteiger partial charge in [0.05, 0.1) is 0 Å². The fraction of sp³-hybridized carbons (Fsp3) is 1.00. The molecule has 0 aliphatic rings. The van der Waals surface area contributed by atoms with Crippen molar-refractivity contribution in [3.8, 4) is 0 Å². The van der Waals surface area contributed by atoms with Gasteiger partial charge in [-0.25, -0.2) is 0 Å². The van der Waals surface area contributed by atoms with Crippen LogP contribution in [0.4, 0.5) is 0 Å². The maximum Gasteiger partial charge on any atom is 0.0463 e. The van der Waals surface area contributed by atoms with Gasteiger partial charge in [0, 0.05) is 14.6 Å². The van der Waals surface area contributed by atoms with Gasteiger partial charge in [0.2, 0.25) is 0 Å². The Morgan fingerprint density at radius 3 is 0.750 bits per heavy atom. The van der Waals surface area contributed by atoms with Crippen molar-refractivity contribution in [3.63, 3.8) is 0 Å². The number of rotatable bonds is 14. The molecule has 0 saturated carbocycles. The van der Waals surface area contributed by atoms with Crippen LogP contribution in [0.25, 0.3) is 0 Å². The molecule has 0 aliphatic carbocycles. The molecule has 36 heavy (non-hydrogen) atoms. The lowest BCUT2D eigenvalue weighted by Gasteiger charge is -1.95. The van der Waals surface area contributed by atoms with E-state index in [-0.39, 0.29) is 46.0 Å². The average molecular weight is 532 g/mol. The second kappa shape index (κ2) is 91.8. The highest BCUT2D eigenvalue weighted by atomic mass is 16.5. The molecule has 0 aromatic heterocycles. The molecule has 0 unspecified atom stereocenters. The second-order valence-electron chi connectivity index (χ2n) is 8.54. The van der Waals surface area contributed by atoms with E-state index >= 15 is 0 Å². The molecule has 1 nitrogen and oxygen atoms in total. The zero-order chi connectivity index (χ0) is 24.3. The van der Waals surface area contributed by atoms with Crippen LogP contribution < -0.4 is 0 Å². The first-order valence-electron chi connectivity index (χ1n) is 14.0. The maximum absolute atomic E-state index is 5.13. The molecule has 0 aromatic carbocycles. The van der Waals surface area contributed by atoms with Gasteiger partial charge in [-0.15, -0.1) is 0 Å². The molecular weight excluding hydrogens is 436 g/mol. The third-order valence-electron chi connectivity index (χ3n) is 4.43. The van der Waals surface area contributed by atoms with Gasteiger partial charge in [0.15, 0.2) is 0 Å². The van der Waals surface area contributed by atoms with E-state index in [1.54, 1.807) is 0 Å². The Bertz CT molecular complexity index is 180. The third-order valence-corrected chi connectivity index (χ3v) is 4.43. The fourth-order valence-corrected chi connectivity index (χ4v) is 1.74. The van der Waals surface area contributed by atoms with E-state index in [1.165, 1.54) is 83.5 Å². The minimum absolute atomic E-state index is 0. The summed E-state index contributed by atoms with van der Waals surface area (Å²) in [5.74, 6) is 0.884. The average Bonchev–Trinajstić information content (AvgIpc) is 2.77. The molecule has 0 aromatic rings. The first-order valence-corrected chi connectivity index (χ1v) is 14.0. The van der Waals surface area contributed by atoms with Crippen molar-refractivity contribution in [2.75, 3.05) is 13.2 Å². The first-order chi connectivity index (χ1) is 14.4. The van der Waals surface area contributed by atoms with E-state index in [9.17, 15) is 0 Å². The molecule has 0 amide bonds. The summed E-state index contributed by atoms with van der Waals surface area (Å²) in [6, 6.07) is 0. The highest BCUT2D eigenvalue weighted by Crippen LogP contribution is 2.03. The van der Waals surface area contributed by atoms with Crippen molar-refractivity contribution in [1.82, 2.24) is 0 Å². The summed E-state index contributed by atoms with van der Waals surface area (Å²) in [7, 11) is 0. The lowest BCUT2D eigenvalue weighted by atomic mass is 10.1. The van der Waals surface area contributed by atoms with Crippen LogP contribution in [0.2, 0.25) is 0 Å². The van der Waals surface area contributed by atoms with Crippen LogP contribution in [-0.4, -0.2) is 13.2 Å². The van der Waals surface area contributed by atoms with Gasteiger partial charge in [0.25, 0.3) is 0 Å². The summed E-state index contributed by atoms with van der Waals surface area (Å²) in [5, 5.41) is 0. The van der Waals surface area contributed by atoms with Crippen LogP contribution in [0.5, 0.6) is 0 Å². The Morgan fingerprint density at radius 1 is 0.389 bits per heavy atom. The van der Waals surface area contributed by atoms with Crippen LogP contribution >= 0.6 is 0 Å². The molecule has 0 N–H and O–H groups in total. The second-order valence-corrected chi connectivity index (χ2v) is 8.54. The van der Waals surface area contributed by atoms with E-state index in [2.05, 4.69) is 76.2 Å². The number of hydrogen-bond donors (Lipinski definition) is 0. The Hall–Kier alpha value is -0.0400. The molecule has 0 saturated heterocycles. The van der Waals surface area contributed by atoms with Gasteiger partial charge in [-0.3, -0.25) is 0 Å². The van der Waals surface area contributed by atoms with Crippen molar-refractivity contribution in [2.24, 2.45) is 5.92 Å². The summed E-state index contributed by atoms with van der Waals surface area (Å²) in [6.45, 7) is 26.1. The van der Waals surface area contributed by atoms with Crippen LogP contribution in [0, 0.1) is 5.92 Å². The van der Waals surface area contributed by atoms with Gasteiger partial charge in [0.1, 0.15) is 0 Å². The van der Waals surface area contributed by atoms with Gasteiger partial charge in [-0.2, -0.15) is 0 Å². The van der Waals surface area contributed by atoms with E-state index in [0.717, 1.165) is 32.0 Å². The standard InChI is InChI=1S/C8H18.C6H14O.C6H14.C5H12.C4H10.6CH4.H2/c1-3-5-7-8-6-4-2;1-3-5-7-6-4-2;1-3-5-6-4-2;1-4-5(2)3;1-3-4-2;;;;;;;/h3-8H2,1-2H3;3-6H2,1-2H3;3-6H2,1-2H3;5H,4H2,1-3H3;3-4H2,1-2H3;6*1H4;1H/i;;;;;;;;;;;1+1. The summed E-state index contributed by atoms with van der Waals surface area (Å²) < 4.78 is 5.13. The molecule has 0 spiro atoms. The molecule has 0 rings (SSSR count). The Balaban J connectivity index is -0.0000000205. The molecule has 0 aliphatic heterocycles. The minimum atomic E-state index is 0. The quantitative estimate of drug-likeness (QED) is 0.202. The summed E-state index contributed by atoms with van der Waals surface area (Å²) >= 11 is 0. The lowest BCUT2D eigenvalue weighted by molar-refractivity contribution is 0.135. The number of ether oxygens (including phenoxy) is 1. The van der Waals surface area contributed by atoms with Crippen molar-refractivity contribution >= 4 is 0 Å². The monoisotopic (exact) mass is 532 g/mol. The smallest absolute Gasteiger partial charge is 0.0463 e. The predicted molar refractivity (Wildman–Crippen MR) is 188 cm³/mol. The Kier molecular flexibility index (Phi) is 180. The Labute approximate surface area is 242 Å². The molecule has 0 radical (unpaired) electrons. The number of unbranched alkanes of at least 4 members (excludes halogenated alkanes) is 9. The van der Waals surface area contributed by atoms with Crippen molar-refractivity contribution in [1.29, 1.82) is 0 Å². The van der Waals surface area contributed by atoms with Crippen molar-refractivity contribution < 1.29 is 6.16 Å². The SMILES string of the molecule is C.C.C.C.C.C.CCC(C)C.CCCC.CCCCCC.CCCCCCCC.CCCOCCC.[2HH]. The highest BCUT2D eigenvalue weighted by Gasteiger charge is 1.83. The summed E-state index contributed by atoms with van der Waals surface area (Å²) in [5.41, 5.74) is 0. The van der Waals surface area contributed by atoms with Crippen molar-refractivity contribution in [2.45, 2.75) is 217 Å². The highest BCUT2D eigenvalue weighted by molar-refractivity contribution is 4.39. The largest absolute Gasteiger partial charge is 0.381 e. The zero-order valence-corrected chi connectivity index (χ0v) is 24.0. The summed E-state index contributed by atoms with van der Waals surface area (Å²) in [6.07, 6.45) is 20.2. The van der Waals surface area contributed by atoms with Crippen LogP contribution in [0.3, 0.4) is 0 Å². The van der Waals surface area contributed by atoms with Crippen LogP contribution in [0.15, 0.2) is 0 Å². The molecular formula is C35H94O. The van der Waals surface area contributed by atoms with Crippen LogP contribution in [0.1, 0.15) is 218 Å². The van der Waals surface area contributed by atoms with Gasteiger partial charge < -0.3 is 4.74 Å². The van der Waals surface area contributed by atoms with Gasteiger partial charge in [-0.1, -0.05) is 204 Å². The molecule has 240 valence electrons. The van der Waals surface area contributed by atoms with E-state index in [0.29, 0.717) is 0 Å². The summed E-state index contributed by atoms with van der Waals surface area (Å²) in [4.78, 5) is 0. The van der Waals surface area contributed by atoms with E-state index in [4.69, 9.17) is 4.74 Å². The van der Waals surface area contributed by atoms with E-state index < -0.39 is 0 Å². The topological polar surface area (TPSA) is 9.23 Å². The fourth-order valence-electron chi connectivity index (χ4n) is 1.74. The molecule has 0 bridgehead atoms. The maximum atomic E-state index is 5.13. The molecule has 0 atom stereocenters. The normalized spacial score (nSPS) is 7.67. The third kappa shape index (κ3) is 165. The van der Waals surface area contributed by atoms with Crippen molar-refractivity contribution in [3.05, 3.63) is 0 Å². The first kappa shape index (κ1) is 70.5. The minimum Gasteiger partial charge on any atom is -0.381 e. The van der Waals surface area contributed by atoms with Crippen LogP contribution in [-0.2, 0) is 4.74 Å². The number of hydrogen-bond acceptors (Lipinski definition) is 1. The molecule has 0 heterocycles. The van der Waals surface area contributed by atoms with E-state index in [1.807, 2.05) is 0 Å².